The lowest BCUT2D eigenvalue weighted by atomic mass is 9.70. The Morgan fingerprint density at radius 3 is 2.78 bits per heavy atom. The number of ether oxygens (including phenoxy) is 1. The third-order valence-corrected chi connectivity index (χ3v) is 4.32. The summed E-state index contributed by atoms with van der Waals surface area (Å²) in [4.78, 5) is 12.5. The third kappa shape index (κ3) is 1.25. The fraction of sp³-hybridized carbons (Fsp3) is 0.500. The predicted molar refractivity (Wildman–Crippen MR) is 64.8 cm³/mol. The van der Waals surface area contributed by atoms with Crippen LogP contribution >= 0.6 is 0 Å². The lowest BCUT2D eigenvalue weighted by molar-refractivity contribution is -0.107. The highest BCUT2D eigenvalue weighted by Crippen LogP contribution is 2.48. The summed E-state index contributed by atoms with van der Waals surface area (Å²) < 4.78 is 5.20. The first-order valence-electron chi connectivity index (χ1n) is 6.17. The van der Waals surface area contributed by atoms with Crippen molar-refractivity contribution in [1.29, 1.82) is 0 Å². The van der Waals surface area contributed by atoms with Crippen LogP contribution in [0, 0.1) is 0 Å². The van der Waals surface area contributed by atoms with E-state index in [0.717, 1.165) is 5.56 Å². The van der Waals surface area contributed by atoms with Gasteiger partial charge < -0.3 is 14.9 Å². The molecule has 4 heteroatoms. The van der Waals surface area contributed by atoms with Crippen molar-refractivity contribution in [1.82, 2.24) is 0 Å². The van der Waals surface area contributed by atoms with E-state index in [1.807, 2.05) is 6.07 Å². The van der Waals surface area contributed by atoms with Gasteiger partial charge in [0.15, 0.2) is 5.60 Å². The largest absolute Gasteiger partial charge is 0.496 e. The van der Waals surface area contributed by atoms with Crippen molar-refractivity contribution in [3.63, 3.8) is 0 Å². The second-order valence-electron chi connectivity index (χ2n) is 5.25. The molecular weight excluding hydrogens is 232 g/mol. The molecule has 0 unspecified atom stereocenters. The maximum atomic E-state index is 12.5. The molecule has 0 spiro atoms. The van der Waals surface area contributed by atoms with Crippen LogP contribution in [0.2, 0.25) is 0 Å². The molecule has 0 aromatic heterocycles. The minimum absolute atomic E-state index is 0.307. The Morgan fingerprint density at radius 2 is 2.06 bits per heavy atom. The van der Waals surface area contributed by atoms with E-state index in [1.165, 1.54) is 7.11 Å². The fourth-order valence-electron chi connectivity index (χ4n) is 3.31. The van der Waals surface area contributed by atoms with Crippen LogP contribution in [0.1, 0.15) is 35.2 Å². The normalized spacial score (nSPS) is 34.1. The first kappa shape index (κ1) is 11.7. The van der Waals surface area contributed by atoms with Gasteiger partial charge in [-0.25, -0.2) is 0 Å². The molecule has 0 amide bonds. The minimum Gasteiger partial charge on any atom is -0.496 e. The number of fused-ring (bicyclic) bond motifs is 2. The van der Waals surface area contributed by atoms with Gasteiger partial charge in [-0.1, -0.05) is 12.1 Å². The summed E-state index contributed by atoms with van der Waals surface area (Å²) in [5, 5.41) is 21.1. The number of ketones is 1. The van der Waals surface area contributed by atoms with Gasteiger partial charge in [-0.15, -0.1) is 0 Å². The van der Waals surface area contributed by atoms with Crippen molar-refractivity contribution in [2.75, 3.05) is 7.11 Å². The standard InChI is InChI=1S/C14H16O4/c1-18-10-5-2-4-9-8-13(16)6-3-7-14(13,17)12(15)11(9)10/h2,4-5,16-17H,3,6-8H2,1H3/t13-,14+/m0/s1. The minimum atomic E-state index is -1.64. The molecule has 2 atom stereocenters. The molecule has 4 nitrogen and oxygen atoms in total. The van der Waals surface area contributed by atoms with Crippen LogP contribution in [0.15, 0.2) is 18.2 Å². The lowest BCUT2D eigenvalue weighted by Gasteiger charge is -2.41. The molecule has 0 aliphatic heterocycles. The van der Waals surface area contributed by atoms with Gasteiger partial charge in [0.1, 0.15) is 11.4 Å². The molecule has 96 valence electrons. The molecule has 1 fully saturated rings. The lowest BCUT2D eigenvalue weighted by Crippen LogP contribution is -2.59. The molecule has 0 bridgehead atoms. The Morgan fingerprint density at radius 1 is 1.28 bits per heavy atom. The molecule has 1 saturated carbocycles. The average Bonchev–Trinajstić information content (AvgIpc) is 2.65. The van der Waals surface area contributed by atoms with Crippen molar-refractivity contribution < 1.29 is 19.7 Å². The van der Waals surface area contributed by atoms with Crippen molar-refractivity contribution >= 4 is 5.78 Å². The molecule has 2 N–H and O–H groups in total. The molecule has 3 rings (SSSR count). The summed E-state index contributed by atoms with van der Waals surface area (Å²) in [5.74, 6) is 0.0704. The second-order valence-corrected chi connectivity index (χ2v) is 5.25. The number of hydrogen-bond donors (Lipinski definition) is 2. The summed E-state index contributed by atoms with van der Waals surface area (Å²) in [6.45, 7) is 0. The van der Waals surface area contributed by atoms with Gasteiger partial charge in [0.2, 0.25) is 5.78 Å². The molecular formula is C14H16O4. The Kier molecular flexibility index (Phi) is 2.31. The van der Waals surface area contributed by atoms with Crippen molar-refractivity contribution in [2.45, 2.75) is 36.9 Å². The van der Waals surface area contributed by atoms with Crippen molar-refractivity contribution in [2.24, 2.45) is 0 Å². The molecule has 0 saturated heterocycles. The maximum absolute atomic E-state index is 12.5. The van der Waals surface area contributed by atoms with Crippen LogP contribution in [0.4, 0.5) is 0 Å². The van der Waals surface area contributed by atoms with Gasteiger partial charge in [-0.05, 0) is 30.9 Å². The van der Waals surface area contributed by atoms with Crippen molar-refractivity contribution in [3.05, 3.63) is 29.3 Å². The zero-order chi connectivity index (χ0) is 13.0. The van der Waals surface area contributed by atoms with Crippen LogP contribution < -0.4 is 4.74 Å². The van der Waals surface area contributed by atoms with Gasteiger partial charge in [0, 0.05) is 6.42 Å². The maximum Gasteiger partial charge on any atom is 0.201 e. The Balaban J connectivity index is 2.22. The monoisotopic (exact) mass is 248 g/mol. The van der Waals surface area contributed by atoms with Crippen LogP contribution in [0.5, 0.6) is 5.75 Å². The molecule has 1 aromatic carbocycles. The molecule has 2 aliphatic carbocycles. The first-order valence-corrected chi connectivity index (χ1v) is 6.17. The topological polar surface area (TPSA) is 66.8 Å². The molecule has 2 aliphatic rings. The molecule has 18 heavy (non-hydrogen) atoms. The van der Waals surface area contributed by atoms with Crippen LogP contribution in [0.25, 0.3) is 0 Å². The summed E-state index contributed by atoms with van der Waals surface area (Å²) in [6.07, 6.45) is 1.75. The fourth-order valence-corrected chi connectivity index (χ4v) is 3.31. The summed E-state index contributed by atoms with van der Waals surface area (Å²) in [5.41, 5.74) is -1.78. The molecule has 0 radical (unpaired) electrons. The van der Waals surface area contributed by atoms with Gasteiger partial charge in [-0.3, -0.25) is 4.79 Å². The van der Waals surface area contributed by atoms with E-state index in [9.17, 15) is 15.0 Å². The highest BCUT2D eigenvalue weighted by Gasteiger charge is 2.61. The Labute approximate surface area is 105 Å². The highest BCUT2D eigenvalue weighted by atomic mass is 16.5. The van der Waals surface area contributed by atoms with Crippen LogP contribution in [-0.4, -0.2) is 34.3 Å². The number of carbonyl (C=O) groups is 1. The van der Waals surface area contributed by atoms with E-state index in [1.54, 1.807) is 12.1 Å². The number of methoxy groups -OCH3 is 1. The van der Waals surface area contributed by atoms with E-state index in [-0.39, 0.29) is 0 Å². The Bertz CT molecular complexity index is 525. The number of Topliss-reactive ketones (excluding diaryl/α,β-unsaturated/α-hetero) is 1. The summed E-state index contributed by atoms with van der Waals surface area (Å²) in [6, 6.07) is 5.32. The van der Waals surface area contributed by atoms with E-state index in [4.69, 9.17) is 4.74 Å². The summed E-state index contributed by atoms with van der Waals surface area (Å²) >= 11 is 0. The predicted octanol–water partition coefficient (Wildman–Crippen LogP) is 1.08. The second kappa shape index (κ2) is 3.56. The average molecular weight is 248 g/mol. The highest BCUT2D eigenvalue weighted by molar-refractivity contribution is 6.08. The van der Waals surface area contributed by atoms with Gasteiger partial charge in [-0.2, -0.15) is 0 Å². The number of benzene rings is 1. The smallest absolute Gasteiger partial charge is 0.201 e. The van der Waals surface area contributed by atoms with E-state index in [0.29, 0.717) is 37.0 Å². The van der Waals surface area contributed by atoms with Crippen LogP contribution in [-0.2, 0) is 6.42 Å². The van der Waals surface area contributed by atoms with Crippen molar-refractivity contribution in [3.8, 4) is 5.75 Å². The van der Waals surface area contributed by atoms with Gasteiger partial charge in [0.05, 0.1) is 12.7 Å². The van der Waals surface area contributed by atoms with E-state index in [2.05, 4.69) is 0 Å². The van der Waals surface area contributed by atoms with Gasteiger partial charge >= 0.3 is 0 Å². The molecule has 0 heterocycles. The zero-order valence-electron chi connectivity index (χ0n) is 10.3. The SMILES string of the molecule is COc1cccc2c1C(=O)[C@]1(O)CCC[C@]1(O)C2. The van der Waals surface area contributed by atoms with Gasteiger partial charge in [0.25, 0.3) is 0 Å². The first-order chi connectivity index (χ1) is 8.52. The van der Waals surface area contributed by atoms with Crippen LogP contribution in [0.3, 0.4) is 0 Å². The van der Waals surface area contributed by atoms with E-state index < -0.39 is 17.0 Å². The molecule has 1 aromatic rings. The number of hydrogen-bond acceptors (Lipinski definition) is 4. The number of aliphatic hydroxyl groups is 2. The zero-order valence-corrected chi connectivity index (χ0v) is 10.3. The number of carbonyl (C=O) groups excluding carboxylic acids is 1. The quantitative estimate of drug-likeness (QED) is 0.780. The summed E-state index contributed by atoms with van der Waals surface area (Å²) in [7, 11) is 1.50. The Hall–Kier alpha value is -1.39. The third-order valence-electron chi connectivity index (χ3n) is 4.32. The van der Waals surface area contributed by atoms with E-state index >= 15 is 0 Å². The number of rotatable bonds is 1.